The van der Waals surface area contributed by atoms with Crippen molar-refractivity contribution in [2.75, 3.05) is 5.73 Å². The fourth-order valence-corrected chi connectivity index (χ4v) is 1.30. The van der Waals surface area contributed by atoms with Crippen molar-refractivity contribution in [1.82, 2.24) is 9.97 Å². The number of hydrogen-bond acceptors (Lipinski definition) is 4. The van der Waals surface area contributed by atoms with E-state index in [0.717, 1.165) is 11.1 Å². The lowest BCUT2D eigenvalue weighted by Gasteiger charge is -2.03. The number of nitrogens with zero attached hydrogens (tertiary/aromatic N) is 2. The van der Waals surface area contributed by atoms with E-state index in [0.29, 0.717) is 13.2 Å². The molecule has 0 aliphatic carbocycles. The van der Waals surface area contributed by atoms with Gasteiger partial charge in [-0.05, 0) is 5.56 Å². The minimum Gasteiger partial charge on any atom is -0.372 e. The van der Waals surface area contributed by atoms with Crippen molar-refractivity contribution in [2.45, 2.75) is 13.2 Å². The van der Waals surface area contributed by atoms with Crippen LogP contribution in [0.15, 0.2) is 42.7 Å². The molecule has 0 saturated heterocycles. The summed E-state index contributed by atoms with van der Waals surface area (Å²) < 4.78 is 5.52. The summed E-state index contributed by atoms with van der Waals surface area (Å²) in [6, 6.07) is 10.0. The highest BCUT2D eigenvalue weighted by Gasteiger charge is 1.96. The van der Waals surface area contributed by atoms with E-state index in [1.807, 2.05) is 30.3 Å². The summed E-state index contributed by atoms with van der Waals surface area (Å²) >= 11 is 0. The van der Waals surface area contributed by atoms with Crippen LogP contribution in [-0.4, -0.2) is 9.97 Å². The normalized spacial score (nSPS) is 10.2. The minimum atomic E-state index is 0.284. The van der Waals surface area contributed by atoms with Crippen molar-refractivity contribution < 1.29 is 4.74 Å². The summed E-state index contributed by atoms with van der Waals surface area (Å²) in [6.07, 6.45) is 3.35. The molecule has 2 rings (SSSR count). The molecule has 2 N–H and O–H groups in total. The Morgan fingerprint density at radius 1 is 0.938 bits per heavy atom. The number of benzene rings is 1. The first-order valence-corrected chi connectivity index (χ1v) is 5.02. The van der Waals surface area contributed by atoms with Crippen molar-refractivity contribution in [3.05, 3.63) is 53.9 Å². The zero-order chi connectivity index (χ0) is 11.2. The molecule has 82 valence electrons. The smallest absolute Gasteiger partial charge is 0.219 e. The molecule has 16 heavy (non-hydrogen) atoms. The summed E-state index contributed by atoms with van der Waals surface area (Å²) in [5, 5.41) is 0. The second-order valence-electron chi connectivity index (χ2n) is 3.43. The molecule has 0 bridgehead atoms. The van der Waals surface area contributed by atoms with Crippen molar-refractivity contribution in [3.8, 4) is 0 Å². The lowest BCUT2D eigenvalue weighted by Crippen LogP contribution is -1.98. The first kappa shape index (κ1) is 10.6. The average molecular weight is 215 g/mol. The summed E-state index contributed by atoms with van der Waals surface area (Å²) in [5.41, 5.74) is 7.46. The third kappa shape index (κ3) is 3.03. The van der Waals surface area contributed by atoms with E-state index in [1.165, 1.54) is 0 Å². The zero-order valence-corrected chi connectivity index (χ0v) is 8.84. The number of rotatable bonds is 4. The molecule has 0 spiro atoms. The van der Waals surface area contributed by atoms with Gasteiger partial charge in [0, 0.05) is 18.0 Å². The molecule has 2 aromatic rings. The standard InChI is InChI=1S/C12H13N3O/c13-12-14-6-11(7-15-12)9-16-8-10-4-2-1-3-5-10/h1-7H,8-9H2,(H2,13,14,15). The van der Waals surface area contributed by atoms with E-state index >= 15 is 0 Å². The Morgan fingerprint density at radius 3 is 2.25 bits per heavy atom. The van der Waals surface area contributed by atoms with Gasteiger partial charge < -0.3 is 10.5 Å². The molecule has 4 nitrogen and oxygen atoms in total. The first-order chi connectivity index (χ1) is 7.84. The monoisotopic (exact) mass is 215 g/mol. The topological polar surface area (TPSA) is 61.0 Å². The van der Waals surface area contributed by atoms with Crippen molar-refractivity contribution >= 4 is 5.95 Å². The molecule has 1 aromatic heterocycles. The van der Waals surface area contributed by atoms with Crippen LogP contribution in [0.1, 0.15) is 11.1 Å². The van der Waals surface area contributed by atoms with E-state index in [4.69, 9.17) is 10.5 Å². The number of nitrogens with two attached hydrogens (primary N) is 1. The van der Waals surface area contributed by atoms with Crippen molar-refractivity contribution in [3.63, 3.8) is 0 Å². The Hall–Kier alpha value is -1.94. The van der Waals surface area contributed by atoms with Gasteiger partial charge >= 0.3 is 0 Å². The summed E-state index contributed by atoms with van der Waals surface area (Å²) in [6.45, 7) is 1.08. The van der Waals surface area contributed by atoms with Gasteiger partial charge in [-0.1, -0.05) is 30.3 Å². The van der Waals surface area contributed by atoms with E-state index < -0.39 is 0 Å². The SMILES string of the molecule is Nc1ncc(COCc2ccccc2)cn1. The highest BCUT2D eigenvalue weighted by atomic mass is 16.5. The summed E-state index contributed by atoms with van der Waals surface area (Å²) in [5.74, 6) is 0.284. The highest BCUT2D eigenvalue weighted by Crippen LogP contribution is 2.04. The van der Waals surface area contributed by atoms with Gasteiger partial charge in [0.1, 0.15) is 0 Å². The number of nitrogen functional groups attached to an aromatic ring is 1. The molecule has 0 unspecified atom stereocenters. The molecule has 0 radical (unpaired) electrons. The molecule has 0 saturated carbocycles. The van der Waals surface area contributed by atoms with Crippen molar-refractivity contribution in [1.29, 1.82) is 0 Å². The van der Waals surface area contributed by atoms with Gasteiger partial charge in [-0.2, -0.15) is 0 Å². The van der Waals surface area contributed by atoms with Gasteiger partial charge in [-0.25, -0.2) is 9.97 Å². The Morgan fingerprint density at radius 2 is 1.56 bits per heavy atom. The summed E-state index contributed by atoms with van der Waals surface area (Å²) in [7, 11) is 0. The lowest BCUT2D eigenvalue weighted by atomic mass is 10.2. The van der Waals surface area contributed by atoms with E-state index in [2.05, 4.69) is 9.97 Å². The first-order valence-electron chi connectivity index (χ1n) is 5.02. The second-order valence-corrected chi connectivity index (χ2v) is 3.43. The fourth-order valence-electron chi connectivity index (χ4n) is 1.30. The van der Waals surface area contributed by atoms with Gasteiger partial charge in [-0.15, -0.1) is 0 Å². The van der Waals surface area contributed by atoms with Crippen LogP contribution in [0.3, 0.4) is 0 Å². The van der Waals surface area contributed by atoms with Crippen LogP contribution in [0.25, 0.3) is 0 Å². The Kier molecular flexibility index (Phi) is 3.46. The van der Waals surface area contributed by atoms with Crippen LogP contribution in [0.4, 0.5) is 5.95 Å². The van der Waals surface area contributed by atoms with Gasteiger partial charge in [-0.3, -0.25) is 0 Å². The molecule has 0 fully saturated rings. The van der Waals surface area contributed by atoms with Crippen LogP contribution in [0.2, 0.25) is 0 Å². The van der Waals surface area contributed by atoms with Gasteiger partial charge in [0.25, 0.3) is 0 Å². The Labute approximate surface area is 94.1 Å². The molecule has 0 amide bonds. The van der Waals surface area contributed by atoms with Crippen LogP contribution >= 0.6 is 0 Å². The largest absolute Gasteiger partial charge is 0.372 e. The summed E-state index contributed by atoms with van der Waals surface area (Å²) in [4.78, 5) is 7.78. The second kappa shape index (κ2) is 5.23. The molecule has 0 aliphatic heterocycles. The molecular formula is C12H13N3O. The van der Waals surface area contributed by atoms with E-state index in [9.17, 15) is 0 Å². The van der Waals surface area contributed by atoms with E-state index in [1.54, 1.807) is 12.4 Å². The van der Waals surface area contributed by atoms with Gasteiger partial charge in [0.2, 0.25) is 5.95 Å². The molecule has 0 aliphatic rings. The average Bonchev–Trinajstić information content (AvgIpc) is 2.33. The fraction of sp³-hybridized carbons (Fsp3) is 0.167. The Bertz CT molecular complexity index is 428. The number of anilines is 1. The maximum Gasteiger partial charge on any atom is 0.219 e. The predicted molar refractivity (Wildman–Crippen MR) is 61.4 cm³/mol. The Balaban J connectivity index is 1.82. The van der Waals surface area contributed by atoms with Crippen LogP contribution in [0, 0.1) is 0 Å². The highest BCUT2D eigenvalue weighted by molar-refractivity contribution is 5.17. The lowest BCUT2D eigenvalue weighted by molar-refractivity contribution is 0.107. The molecule has 1 aromatic carbocycles. The van der Waals surface area contributed by atoms with Gasteiger partial charge in [0.05, 0.1) is 13.2 Å². The quantitative estimate of drug-likeness (QED) is 0.844. The van der Waals surface area contributed by atoms with Crippen LogP contribution in [-0.2, 0) is 18.0 Å². The predicted octanol–water partition coefficient (Wildman–Crippen LogP) is 1.78. The maximum absolute atomic E-state index is 5.52. The zero-order valence-electron chi connectivity index (χ0n) is 8.84. The molecule has 0 atom stereocenters. The van der Waals surface area contributed by atoms with Crippen LogP contribution in [0.5, 0.6) is 0 Å². The molecule has 1 heterocycles. The third-order valence-electron chi connectivity index (χ3n) is 2.11. The van der Waals surface area contributed by atoms with Crippen molar-refractivity contribution in [2.24, 2.45) is 0 Å². The van der Waals surface area contributed by atoms with Crippen LogP contribution < -0.4 is 5.73 Å². The van der Waals surface area contributed by atoms with E-state index in [-0.39, 0.29) is 5.95 Å². The maximum atomic E-state index is 5.52. The number of ether oxygens (including phenoxy) is 1. The number of hydrogen-bond donors (Lipinski definition) is 1. The molecular weight excluding hydrogens is 202 g/mol. The minimum absolute atomic E-state index is 0.284. The molecule has 4 heteroatoms. The van der Waals surface area contributed by atoms with Gasteiger partial charge in [0.15, 0.2) is 0 Å². The third-order valence-corrected chi connectivity index (χ3v) is 2.11. The number of aromatic nitrogens is 2.